The third-order valence-corrected chi connectivity index (χ3v) is 4.10. The van der Waals surface area contributed by atoms with Crippen molar-refractivity contribution in [2.45, 2.75) is 38.1 Å². The molecule has 1 fully saturated rings. The lowest BCUT2D eigenvalue weighted by Gasteiger charge is -2.35. The lowest BCUT2D eigenvalue weighted by molar-refractivity contribution is -0.0975. The number of likely N-dealkylation sites (N-methyl/N-ethyl adjacent to an activating group) is 1. The summed E-state index contributed by atoms with van der Waals surface area (Å²) in [6.07, 6.45) is 1.14. The van der Waals surface area contributed by atoms with Crippen LogP contribution in [0.4, 0.5) is 0 Å². The van der Waals surface area contributed by atoms with Gasteiger partial charge in [0.2, 0.25) is 0 Å². The topological polar surface area (TPSA) is 21.7 Å². The van der Waals surface area contributed by atoms with Crippen LogP contribution in [0.3, 0.4) is 0 Å². The number of nitrogens with zero attached hydrogens (tertiary/aromatic N) is 1. The first kappa shape index (κ1) is 13.1. The van der Waals surface area contributed by atoms with Gasteiger partial charge in [0.25, 0.3) is 0 Å². The number of thiol groups is 1. The predicted octanol–water partition coefficient (Wildman–Crippen LogP) is 1.23. The van der Waals surface area contributed by atoms with Gasteiger partial charge in [-0.1, -0.05) is 19.7 Å². The minimum absolute atomic E-state index is 0.0746. The molecule has 0 aromatic rings. The second-order valence-corrected chi connectivity index (χ2v) is 5.09. The lowest BCUT2D eigenvalue weighted by Crippen LogP contribution is -2.48. The molecule has 82 valence electrons. The molecular weight excluding hydrogens is 312 g/mol. The molecule has 3 nitrogen and oxygen atoms in total. The van der Waals surface area contributed by atoms with Crippen molar-refractivity contribution in [2.75, 3.05) is 7.05 Å². The summed E-state index contributed by atoms with van der Waals surface area (Å²) >= 11 is 6.29. The fourth-order valence-corrected chi connectivity index (χ4v) is 3.14. The van der Waals surface area contributed by atoms with E-state index < -0.39 is 5.72 Å². The monoisotopic (exact) mass is 329 g/mol. The summed E-state index contributed by atoms with van der Waals surface area (Å²) in [6.45, 7) is 4.19. The van der Waals surface area contributed by atoms with Crippen molar-refractivity contribution < 1.29 is 7.80 Å². The highest BCUT2D eigenvalue weighted by atomic mass is 127. The van der Waals surface area contributed by atoms with E-state index >= 15 is 0 Å². The molecule has 0 aromatic heterocycles. The van der Waals surface area contributed by atoms with E-state index in [1.165, 1.54) is 0 Å². The smallest absolute Gasteiger partial charge is 0.154 e. The van der Waals surface area contributed by atoms with Gasteiger partial charge in [-0.2, -0.15) is 0 Å². The van der Waals surface area contributed by atoms with Crippen molar-refractivity contribution in [3.63, 3.8) is 0 Å². The molecule has 0 N–H and O–H groups in total. The maximum Gasteiger partial charge on any atom is 0.154 e. The quantitative estimate of drug-likeness (QED) is 0.478. The summed E-state index contributed by atoms with van der Waals surface area (Å²) < 4.78 is 13.2. The molecule has 0 radical (unpaired) electrons. The number of hydrogen-bond donors (Lipinski definition) is 1. The standard InChI is InChI=1S/C8H17BINO2S/c1-4-5-6(13-10)8(2,11(3)14)12-7(5)9/h5-7,14H,4,9H2,1-3H3/t5-,6+,7?,8-/m1/s1. The summed E-state index contributed by atoms with van der Waals surface area (Å²) in [7, 11) is 4.00. The molecule has 1 rings (SSSR count). The Kier molecular flexibility index (Phi) is 4.59. The molecule has 1 saturated heterocycles. The van der Waals surface area contributed by atoms with Crippen molar-refractivity contribution >= 4 is 43.7 Å². The fourth-order valence-electron chi connectivity index (χ4n) is 2.13. The second-order valence-electron chi connectivity index (χ2n) is 3.98. The van der Waals surface area contributed by atoms with Gasteiger partial charge in [-0.15, -0.1) is 0 Å². The first-order chi connectivity index (χ1) is 6.47. The van der Waals surface area contributed by atoms with Crippen molar-refractivity contribution in [3.8, 4) is 0 Å². The number of rotatable bonds is 3. The molecule has 0 saturated carbocycles. The molecule has 4 atom stereocenters. The highest BCUT2D eigenvalue weighted by Crippen LogP contribution is 2.41. The van der Waals surface area contributed by atoms with Gasteiger partial charge in [-0.3, -0.25) is 0 Å². The Balaban J connectivity index is 2.89. The Hall–Kier alpha value is 1.02. The van der Waals surface area contributed by atoms with Gasteiger partial charge < -0.3 is 7.80 Å². The SMILES string of the molecule is BC1O[C@@](C)(N(C)S)[C@@H](OI)[C@H]1CC. The van der Waals surface area contributed by atoms with Gasteiger partial charge in [0.05, 0.1) is 0 Å². The van der Waals surface area contributed by atoms with Crippen molar-refractivity contribution in [3.05, 3.63) is 0 Å². The van der Waals surface area contributed by atoms with Gasteiger partial charge >= 0.3 is 0 Å². The molecule has 1 heterocycles. The molecule has 1 aliphatic rings. The molecule has 14 heavy (non-hydrogen) atoms. The van der Waals surface area contributed by atoms with E-state index in [1.54, 1.807) is 4.31 Å². The Morgan fingerprint density at radius 1 is 1.71 bits per heavy atom. The average Bonchev–Trinajstić information content (AvgIpc) is 2.37. The summed E-state index contributed by atoms with van der Waals surface area (Å²) in [6, 6.07) is 0.222. The Morgan fingerprint density at radius 2 is 2.29 bits per heavy atom. The van der Waals surface area contributed by atoms with Crippen LogP contribution in [-0.4, -0.2) is 37.0 Å². The van der Waals surface area contributed by atoms with Crippen LogP contribution in [0.25, 0.3) is 0 Å². The summed E-state index contributed by atoms with van der Waals surface area (Å²) in [5, 5.41) is 0. The minimum Gasteiger partial charge on any atom is -0.362 e. The molecule has 0 aromatic carbocycles. The van der Waals surface area contributed by atoms with Crippen LogP contribution >= 0.6 is 35.8 Å². The van der Waals surface area contributed by atoms with Crippen LogP contribution in [0.1, 0.15) is 20.3 Å². The zero-order valence-electron chi connectivity index (χ0n) is 9.03. The fraction of sp³-hybridized carbons (Fsp3) is 1.00. The normalized spacial score (nSPS) is 43.4. The molecule has 0 spiro atoms. The van der Waals surface area contributed by atoms with Crippen LogP contribution in [0, 0.1) is 5.92 Å². The first-order valence-corrected chi connectivity index (χ1v) is 6.13. The highest BCUT2D eigenvalue weighted by molar-refractivity contribution is 14.1. The maximum atomic E-state index is 5.94. The second kappa shape index (κ2) is 4.90. The van der Waals surface area contributed by atoms with E-state index in [1.807, 2.05) is 37.0 Å². The van der Waals surface area contributed by atoms with Gasteiger partial charge in [0.15, 0.2) is 5.72 Å². The molecular formula is C8H17BINO2S. The van der Waals surface area contributed by atoms with Crippen LogP contribution in [-0.2, 0) is 7.80 Å². The number of ether oxygens (including phenoxy) is 1. The highest BCUT2D eigenvalue weighted by Gasteiger charge is 2.52. The zero-order valence-corrected chi connectivity index (χ0v) is 12.1. The van der Waals surface area contributed by atoms with Crippen LogP contribution in [0.15, 0.2) is 0 Å². The maximum absolute atomic E-state index is 5.94. The van der Waals surface area contributed by atoms with Crippen LogP contribution in [0.5, 0.6) is 0 Å². The van der Waals surface area contributed by atoms with Crippen molar-refractivity contribution in [1.82, 2.24) is 4.31 Å². The van der Waals surface area contributed by atoms with Crippen molar-refractivity contribution in [2.24, 2.45) is 5.92 Å². The third kappa shape index (κ3) is 2.09. The third-order valence-electron chi connectivity index (χ3n) is 3.15. The Morgan fingerprint density at radius 3 is 2.64 bits per heavy atom. The van der Waals surface area contributed by atoms with E-state index in [4.69, 9.17) is 7.80 Å². The molecule has 6 heteroatoms. The van der Waals surface area contributed by atoms with Gasteiger partial charge in [-0.05, 0) is 13.3 Å². The lowest BCUT2D eigenvalue weighted by atomic mass is 9.82. The van der Waals surface area contributed by atoms with E-state index in [9.17, 15) is 0 Å². The molecule has 1 unspecified atom stereocenters. The van der Waals surface area contributed by atoms with Gasteiger partial charge in [0.1, 0.15) is 37.0 Å². The largest absolute Gasteiger partial charge is 0.362 e. The molecule has 0 bridgehead atoms. The Bertz CT molecular complexity index is 210. The number of halogens is 1. The molecule has 1 aliphatic heterocycles. The average molecular weight is 329 g/mol. The molecule has 0 amide bonds. The Labute approximate surface area is 107 Å². The van der Waals surface area contributed by atoms with E-state index in [0.717, 1.165) is 6.42 Å². The zero-order chi connectivity index (χ0) is 10.9. The van der Waals surface area contributed by atoms with Crippen LogP contribution in [0.2, 0.25) is 0 Å². The minimum atomic E-state index is -0.426. The first-order valence-electron chi connectivity index (χ1n) is 4.85. The summed E-state index contributed by atoms with van der Waals surface area (Å²) in [4.78, 5) is 0. The van der Waals surface area contributed by atoms with E-state index in [2.05, 4.69) is 27.6 Å². The predicted molar refractivity (Wildman–Crippen MR) is 71.2 cm³/mol. The summed E-state index contributed by atoms with van der Waals surface area (Å²) in [5.74, 6) is 0.437. The van der Waals surface area contributed by atoms with Crippen LogP contribution < -0.4 is 0 Å². The number of hydrogen-bond acceptors (Lipinski definition) is 4. The molecule has 0 aliphatic carbocycles. The van der Waals surface area contributed by atoms with E-state index in [-0.39, 0.29) is 12.1 Å². The van der Waals surface area contributed by atoms with Gasteiger partial charge in [0, 0.05) is 19.0 Å². The van der Waals surface area contributed by atoms with Gasteiger partial charge in [-0.25, -0.2) is 4.31 Å². The van der Waals surface area contributed by atoms with Crippen molar-refractivity contribution in [1.29, 1.82) is 0 Å². The van der Waals surface area contributed by atoms with E-state index in [0.29, 0.717) is 5.92 Å². The summed E-state index contributed by atoms with van der Waals surface area (Å²) in [5.41, 5.74) is -0.426.